The van der Waals surface area contributed by atoms with Gasteiger partial charge in [0.2, 0.25) is 5.91 Å². The summed E-state index contributed by atoms with van der Waals surface area (Å²) in [6.07, 6.45) is 0.0851. The molecular weight excluding hydrogens is 340 g/mol. The van der Waals surface area contributed by atoms with Crippen molar-refractivity contribution in [2.24, 2.45) is 0 Å². The van der Waals surface area contributed by atoms with E-state index in [1.54, 1.807) is 18.2 Å². The summed E-state index contributed by atoms with van der Waals surface area (Å²) < 4.78 is 5.29. The van der Waals surface area contributed by atoms with E-state index < -0.39 is 6.04 Å². The van der Waals surface area contributed by atoms with Crippen molar-refractivity contribution >= 4 is 34.8 Å². The number of carbonyl (C=O) groups excluding carboxylic acids is 2. The molecule has 1 aliphatic heterocycles. The van der Waals surface area contributed by atoms with Crippen molar-refractivity contribution in [1.82, 2.24) is 0 Å². The Morgan fingerprint density at radius 3 is 2.60 bits per heavy atom. The molecule has 2 aromatic rings. The van der Waals surface area contributed by atoms with Crippen LogP contribution in [0.2, 0.25) is 5.02 Å². The van der Waals surface area contributed by atoms with Gasteiger partial charge in [-0.05, 0) is 43.7 Å². The molecule has 25 heavy (non-hydrogen) atoms. The molecule has 0 aromatic heterocycles. The summed E-state index contributed by atoms with van der Waals surface area (Å²) in [5.41, 5.74) is 3.19. The van der Waals surface area contributed by atoms with Crippen LogP contribution in [-0.2, 0) is 9.59 Å². The number of ether oxygens (including phenoxy) is 1. The normalized spacial score (nSPS) is 17.1. The zero-order valence-electron chi connectivity index (χ0n) is 14.3. The Balaban J connectivity index is 1.88. The minimum absolute atomic E-state index is 0.0851. The molecule has 0 aliphatic carbocycles. The first-order valence-electron chi connectivity index (χ1n) is 7.95. The quantitative estimate of drug-likeness (QED) is 0.846. The van der Waals surface area contributed by atoms with Gasteiger partial charge >= 0.3 is 0 Å². The Morgan fingerprint density at radius 2 is 1.92 bits per heavy atom. The Labute approximate surface area is 151 Å². The Kier molecular flexibility index (Phi) is 4.68. The average Bonchev–Trinajstić information content (AvgIpc) is 2.82. The van der Waals surface area contributed by atoms with Crippen LogP contribution in [0.1, 0.15) is 17.5 Å². The molecule has 1 aliphatic rings. The number of amides is 2. The van der Waals surface area contributed by atoms with Crippen molar-refractivity contribution in [2.75, 3.05) is 17.3 Å². The summed E-state index contributed by atoms with van der Waals surface area (Å²) in [6, 6.07) is 10.1. The first-order valence-corrected chi connectivity index (χ1v) is 8.32. The summed E-state index contributed by atoms with van der Waals surface area (Å²) >= 11 is 6.03. The van der Waals surface area contributed by atoms with Crippen molar-refractivity contribution < 1.29 is 14.3 Å². The molecule has 0 bridgehead atoms. The van der Waals surface area contributed by atoms with Gasteiger partial charge in [-0.1, -0.05) is 29.3 Å². The van der Waals surface area contributed by atoms with Crippen molar-refractivity contribution in [3.05, 3.63) is 52.5 Å². The number of imide groups is 1. The number of nitrogens with zero attached hydrogens (tertiary/aromatic N) is 1. The van der Waals surface area contributed by atoms with E-state index in [-0.39, 0.29) is 18.2 Å². The lowest BCUT2D eigenvalue weighted by atomic mass is 10.1. The molecule has 1 atom stereocenters. The highest BCUT2D eigenvalue weighted by molar-refractivity contribution is 6.31. The molecule has 0 unspecified atom stereocenters. The van der Waals surface area contributed by atoms with Gasteiger partial charge in [0, 0.05) is 5.02 Å². The van der Waals surface area contributed by atoms with E-state index in [1.807, 2.05) is 32.0 Å². The zero-order chi connectivity index (χ0) is 18.1. The largest absolute Gasteiger partial charge is 0.495 e. The predicted octanol–water partition coefficient (Wildman–Crippen LogP) is 3.71. The lowest BCUT2D eigenvalue weighted by Gasteiger charge is -2.19. The molecule has 6 heteroatoms. The summed E-state index contributed by atoms with van der Waals surface area (Å²) in [7, 11) is 1.54. The molecule has 3 rings (SSSR count). The Morgan fingerprint density at radius 1 is 1.16 bits per heavy atom. The van der Waals surface area contributed by atoms with Crippen LogP contribution in [0.4, 0.5) is 11.4 Å². The molecule has 0 radical (unpaired) electrons. The molecule has 1 heterocycles. The van der Waals surface area contributed by atoms with E-state index in [0.29, 0.717) is 22.1 Å². The van der Waals surface area contributed by atoms with Crippen LogP contribution in [0, 0.1) is 13.8 Å². The lowest BCUT2D eigenvalue weighted by molar-refractivity contribution is -0.121. The molecule has 1 N–H and O–H groups in total. The first kappa shape index (κ1) is 17.3. The zero-order valence-corrected chi connectivity index (χ0v) is 15.1. The third-order valence-corrected chi connectivity index (χ3v) is 4.47. The van der Waals surface area contributed by atoms with Crippen molar-refractivity contribution in [2.45, 2.75) is 26.3 Å². The monoisotopic (exact) mass is 358 g/mol. The smallest absolute Gasteiger partial charge is 0.256 e. The SMILES string of the molecule is COc1ccc(Cl)cc1N[C@H]1CC(=O)N(c2ccc(C)cc2C)C1=O. The number of rotatable bonds is 4. The molecule has 1 fully saturated rings. The van der Waals surface area contributed by atoms with Gasteiger partial charge < -0.3 is 10.1 Å². The first-order chi connectivity index (χ1) is 11.9. The summed E-state index contributed by atoms with van der Waals surface area (Å²) in [5.74, 6) is 0.0593. The van der Waals surface area contributed by atoms with E-state index in [1.165, 1.54) is 12.0 Å². The number of benzene rings is 2. The van der Waals surface area contributed by atoms with Gasteiger partial charge in [0.25, 0.3) is 5.91 Å². The minimum Gasteiger partial charge on any atom is -0.495 e. The van der Waals surface area contributed by atoms with E-state index >= 15 is 0 Å². The number of anilines is 2. The summed E-state index contributed by atoms with van der Waals surface area (Å²) in [5, 5.41) is 3.61. The van der Waals surface area contributed by atoms with Crippen molar-refractivity contribution in [3.8, 4) is 5.75 Å². The fourth-order valence-corrected chi connectivity index (χ4v) is 3.21. The molecule has 5 nitrogen and oxygen atoms in total. The van der Waals surface area contributed by atoms with E-state index in [2.05, 4.69) is 5.32 Å². The summed E-state index contributed by atoms with van der Waals surface area (Å²) in [6.45, 7) is 3.86. The average molecular weight is 359 g/mol. The second-order valence-electron chi connectivity index (χ2n) is 6.10. The van der Waals surface area contributed by atoms with Gasteiger partial charge in [-0.3, -0.25) is 9.59 Å². The van der Waals surface area contributed by atoms with Gasteiger partial charge in [0.05, 0.1) is 24.9 Å². The van der Waals surface area contributed by atoms with Crippen LogP contribution >= 0.6 is 11.6 Å². The predicted molar refractivity (Wildman–Crippen MR) is 98.4 cm³/mol. The molecule has 0 saturated carbocycles. The van der Waals surface area contributed by atoms with Gasteiger partial charge in [0.15, 0.2) is 0 Å². The van der Waals surface area contributed by atoms with E-state index in [9.17, 15) is 9.59 Å². The number of carbonyl (C=O) groups is 2. The highest BCUT2D eigenvalue weighted by Crippen LogP contribution is 2.32. The van der Waals surface area contributed by atoms with Gasteiger partial charge in [-0.2, -0.15) is 0 Å². The van der Waals surface area contributed by atoms with E-state index in [4.69, 9.17) is 16.3 Å². The lowest BCUT2D eigenvalue weighted by Crippen LogP contribution is -2.35. The molecule has 0 spiro atoms. The molecule has 2 aromatic carbocycles. The van der Waals surface area contributed by atoms with Gasteiger partial charge in [-0.25, -0.2) is 4.90 Å². The number of hydrogen-bond donors (Lipinski definition) is 1. The van der Waals surface area contributed by atoms with Crippen LogP contribution in [0.3, 0.4) is 0 Å². The second-order valence-corrected chi connectivity index (χ2v) is 6.54. The topological polar surface area (TPSA) is 58.6 Å². The molecule has 130 valence electrons. The van der Waals surface area contributed by atoms with Gasteiger partial charge in [-0.15, -0.1) is 0 Å². The summed E-state index contributed by atoms with van der Waals surface area (Å²) in [4.78, 5) is 26.5. The van der Waals surface area contributed by atoms with Crippen molar-refractivity contribution in [1.29, 1.82) is 0 Å². The molecular formula is C19H19ClN2O3. The van der Waals surface area contributed by atoms with Crippen LogP contribution in [0.25, 0.3) is 0 Å². The highest BCUT2D eigenvalue weighted by atomic mass is 35.5. The van der Waals surface area contributed by atoms with Crippen LogP contribution in [0.15, 0.2) is 36.4 Å². The number of hydrogen-bond acceptors (Lipinski definition) is 4. The van der Waals surface area contributed by atoms with E-state index in [0.717, 1.165) is 11.1 Å². The standard InChI is InChI=1S/C19H19ClN2O3/c1-11-4-6-16(12(2)8-11)22-18(23)10-15(19(22)24)21-14-9-13(20)5-7-17(14)25-3/h4-9,15,21H,10H2,1-3H3/t15-/m0/s1. The maximum atomic E-state index is 12.8. The Hall–Kier alpha value is -2.53. The number of halogens is 1. The molecule has 1 saturated heterocycles. The second kappa shape index (κ2) is 6.76. The number of aryl methyl sites for hydroxylation is 2. The third kappa shape index (κ3) is 3.33. The van der Waals surface area contributed by atoms with Crippen LogP contribution in [-0.4, -0.2) is 25.0 Å². The third-order valence-electron chi connectivity index (χ3n) is 4.23. The van der Waals surface area contributed by atoms with Crippen LogP contribution in [0.5, 0.6) is 5.75 Å². The Bertz CT molecular complexity index is 851. The van der Waals surface area contributed by atoms with Crippen molar-refractivity contribution in [3.63, 3.8) is 0 Å². The van der Waals surface area contributed by atoms with Crippen LogP contribution < -0.4 is 15.0 Å². The van der Waals surface area contributed by atoms with Gasteiger partial charge in [0.1, 0.15) is 11.8 Å². The number of methoxy groups -OCH3 is 1. The molecule has 2 amide bonds. The fraction of sp³-hybridized carbons (Fsp3) is 0.263. The number of nitrogens with one attached hydrogen (secondary N) is 1. The maximum absolute atomic E-state index is 12.8. The fourth-order valence-electron chi connectivity index (χ4n) is 3.03. The minimum atomic E-state index is -0.652. The maximum Gasteiger partial charge on any atom is 0.256 e. The highest BCUT2D eigenvalue weighted by Gasteiger charge is 2.40.